The maximum atomic E-state index is 9.97. The van der Waals surface area contributed by atoms with Crippen LogP contribution < -0.4 is 5.50 Å². The zero-order valence-electron chi connectivity index (χ0n) is 3.60. The van der Waals surface area contributed by atoms with Crippen LogP contribution in [0.3, 0.4) is 0 Å². The molecule has 0 aliphatic rings. The Balaban J connectivity index is 2.83. The van der Waals surface area contributed by atoms with E-state index in [1.807, 2.05) is 6.92 Å². The fourth-order valence-corrected chi connectivity index (χ4v) is 1.28. The second-order valence-electron chi connectivity index (χ2n) is 0.752. The molecule has 0 saturated carbocycles. The first-order valence-electron chi connectivity index (χ1n) is 1.69. The van der Waals surface area contributed by atoms with E-state index in [1.165, 1.54) is 11.4 Å². The van der Waals surface area contributed by atoms with Crippen molar-refractivity contribution in [2.45, 2.75) is 6.92 Å². The zero-order valence-corrected chi connectivity index (χ0v) is 5.42. The van der Waals surface area contributed by atoms with Crippen molar-refractivity contribution < 1.29 is 4.57 Å². The quantitative estimate of drug-likeness (QED) is 0.562. The highest BCUT2D eigenvalue weighted by atomic mass is 32.7. The van der Waals surface area contributed by atoms with Crippen LogP contribution in [0, 0.1) is 0 Å². The molecule has 0 radical (unpaired) electrons. The molecule has 0 saturated heterocycles. The maximum absolute atomic E-state index is 9.97. The fourth-order valence-electron chi connectivity index (χ4n) is 0.142. The van der Waals surface area contributed by atoms with Crippen LogP contribution in [-0.4, -0.2) is 5.75 Å². The summed E-state index contributed by atoms with van der Waals surface area (Å²) in [6.07, 6.45) is 0. The minimum absolute atomic E-state index is 0.855. The van der Waals surface area contributed by atoms with Crippen molar-refractivity contribution in [3.05, 3.63) is 0 Å². The fraction of sp³-hybridized carbons (Fsp3) is 1.00. The second kappa shape index (κ2) is 3.72. The molecule has 2 nitrogen and oxygen atoms in total. The second-order valence-corrected chi connectivity index (χ2v) is 4.33. The molecule has 0 bridgehead atoms. The van der Waals surface area contributed by atoms with Crippen LogP contribution in [0.4, 0.5) is 0 Å². The average Bonchev–Trinajstić information content (AvgIpc) is 1.35. The molecule has 0 aromatic heterocycles. The van der Waals surface area contributed by atoms with Gasteiger partial charge in [-0.25, -0.2) is 0 Å². The third-order valence-electron chi connectivity index (χ3n) is 0.287. The summed E-state index contributed by atoms with van der Waals surface area (Å²) >= 11 is 1.31. The van der Waals surface area contributed by atoms with Crippen LogP contribution >= 0.6 is 18.5 Å². The number of hydrogen-bond acceptors (Lipinski definition) is 2. The number of rotatable bonds is 2. The van der Waals surface area contributed by atoms with E-state index in [4.69, 9.17) is 5.50 Å². The van der Waals surface area contributed by atoms with Gasteiger partial charge in [0.15, 0.2) is 7.15 Å². The normalized spacial score (nSPS) is 14.3. The summed E-state index contributed by atoms with van der Waals surface area (Å²) in [5.74, 6) is 0.855. The first kappa shape index (κ1) is 6.54. The van der Waals surface area contributed by atoms with E-state index in [9.17, 15) is 4.57 Å². The SMILES string of the molecule is CCS[PH](N)=O. The Hall–Kier alpha value is 0.540. The van der Waals surface area contributed by atoms with Crippen molar-refractivity contribution in [1.82, 2.24) is 0 Å². The lowest BCUT2D eigenvalue weighted by Gasteiger charge is -1.83. The van der Waals surface area contributed by atoms with E-state index in [0.717, 1.165) is 5.75 Å². The van der Waals surface area contributed by atoms with Crippen molar-refractivity contribution in [2.24, 2.45) is 5.50 Å². The van der Waals surface area contributed by atoms with Crippen LogP contribution in [0.25, 0.3) is 0 Å². The smallest absolute Gasteiger partial charge is 0.186 e. The molecule has 2 N–H and O–H groups in total. The van der Waals surface area contributed by atoms with Gasteiger partial charge in [-0.15, -0.1) is 0 Å². The molecule has 1 atom stereocenters. The minimum Gasteiger partial charge on any atom is -0.298 e. The van der Waals surface area contributed by atoms with E-state index in [1.54, 1.807) is 0 Å². The molecule has 4 heteroatoms. The van der Waals surface area contributed by atoms with E-state index < -0.39 is 7.15 Å². The third-order valence-corrected chi connectivity index (χ3v) is 2.58. The van der Waals surface area contributed by atoms with E-state index >= 15 is 0 Å². The van der Waals surface area contributed by atoms with Gasteiger partial charge < -0.3 is 0 Å². The minimum atomic E-state index is -1.72. The summed E-state index contributed by atoms with van der Waals surface area (Å²) in [7, 11) is -1.72. The van der Waals surface area contributed by atoms with E-state index in [-0.39, 0.29) is 0 Å². The Morgan fingerprint density at radius 2 is 2.50 bits per heavy atom. The van der Waals surface area contributed by atoms with E-state index in [0.29, 0.717) is 0 Å². The van der Waals surface area contributed by atoms with Gasteiger partial charge in [-0.3, -0.25) is 10.1 Å². The molecule has 0 spiro atoms. The van der Waals surface area contributed by atoms with Gasteiger partial charge in [-0.05, 0) is 5.75 Å². The van der Waals surface area contributed by atoms with Gasteiger partial charge in [-0.1, -0.05) is 18.3 Å². The largest absolute Gasteiger partial charge is 0.298 e. The predicted octanol–water partition coefficient (Wildman–Crippen LogP) is 1.09. The third kappa shape index (κ3) is 4.54. The van der Waals surface area contributed by atoms with Crippen molar-refractivity contribution in [2.75, 3.05) is 5.75 Å². The highest BCUT2D eigenvalue weighted by Gasteiger charge is 1.81. The summed E-state index contributed by atoms with van der Waals surface area (Å²) < 4.78 is 9.97. The Labute approximate surface area is 42.1 Å². The highest BCUT2D eigenvalue weighted by molar-refractivity contribution is 8.51. The summed E-state index contributed by atoms with van der Waals surface area (Å²) in [4.78, 5) is 0. The molecule has 0 amide bonds. The van der Waals surface area contributed by atoms with Crippen LogP contribution in [-0.2, 0) is 4.57 Å². The summed E-state index contributed by atoms with van der Waals surface area (Å²) in [6, 6.07) is 0. The number of hydrogen-bond donors (Lipinski definition) is 1. The molecule has 0 aliphatic carbocycles. The average molecular weight is 125 g/mol. The molecule has 0 fully saturated rings. The lowest BCUT2D eigenvalue weighted by molar-refractivity contribution is 0.597. The Morgan fingerprint density at radius 3 is 2.50 bits per heavy atom. The molecule has 6 heavy (non-hydrogen) atoms. The number of nitrogens with two attached hydrogens (primary N) is 1. The zero-order chi connectivity index (χ0) is 4.99. The Morgan fingerprint density at radius 1 is 2.00 bits per heavy atom. The maximum Gasteiger partial charge on any atom is 0.186 e. The summed E-state index contributed by atoms with van der Waals surface area (Å²) in [5, 5.41) is 0. The molecule has 38 valence electrons. The molecular formula is C2H8NOPS. The van der Waals surface area contributed by atoms with Crippen LogP contribution in [0.2, 0.25) is 0 Å². The molecule has 1 unspecified atom stereocenters. The lowest BCUT2D eigenvalue weighted by atomic mass is 11.0. The van der Waals surface area contributed by atoms with Gasteiger partial charge in [0.25, 0.3) is 0 Å². The van der Waals surface area contributed by atoms with Gasteiger partial charge in [-0.2, -0.15) is 0 Å². The Bertz CT molecular complexity index is 57.5. The molecule has 0 aromatic rings. The van der Waals surface area contributed by atoms with Gasteiger partial charge in [0.2, 0.25) is 0 Å². The first-order valence-corrected chi connectivity index (χ1v) is 4.89. The predicted molar refractivity (Wildman–Crippen MR) is 31.3 cm³/mol. The van der Waals surface area contributed by atoms with Gasteiger partial charge >= 0.3 is 0 Å². The standard InChI is InChI=1S/C2H8NOPS/c1-2-6-5(3)4/h5H,2H2,1H3,(H2,3,4). The van der Waals surface area contributed by atoms with Crippen LogP contribution in [0.1, 0.15) is 6.92 Å². The lowest BCUT2D eigenvalue weighted by Crippen LogP contribution is -1.70. The first-order chi connectivity index (χ1) is 2.77. The Kier molecular flexibility index (Phi) is 4.06. The van der Waals surface area contributed by atoms with Crippen molar-refractivity contribution in [1.29, 1.82) is 0 Å². The van der Waals surface area contributed by atoms with Crippen LogP contribution in [0.15, 0.2) is 0 Å². The van der Waals surface area contributed by atoms with E-state index in [2.05, 4.69) is 0 Å². The molecule has 0 rings (SSSR count). The monoisotopic (exact) mass is 125 g/mol. The van der Waals surface area contributed by atoms with Gasteiger partial charge in [0, 0.05) is 0 Å². The summed E-state index contributed by atoms with van der Waals surface area (Å²) in [6.45, 7) is 1.93. The molecule has 0 heterocycles. The topological polar surface area (TPSA) is 43.1 Å². The van der Waals surface area contributed by atoms with Crippen molar-refractivity contribution >= 4 is 18.5 Å². The molecule has 0 aliphatic heterocycles. The van der Waals surface area contributed by atoms with Crippen LogP contribution in [0.5, 0.6) is 0 Å². The van der Waals surface area contributed by atoms with Crippen molar-refractivity contribution in [3.8, 4) is 0 Å². The van der Waals surface area contributed by atoms with Crippen molar-refractivity contribution in [3.63, 3.8) is 0 Å². The molecule has 0 aromatic carbocycles. The summed E-state index contributed by atoms with van der Waals surface area (Å²) in [5.41, 5.74) is 4.91. The van der Waals surface area contributed by atoms with Gasteiger partial charge in [0.05, 0.1) is 0 Å². The highest BCUT2D eigenvalue weighted by Crippen LogP contribution is 2.27. The van der Waals surface area contributed by atoms with Gasteiger partial charge in [0.1, 0.15) is 0 Å². The molecular weight excluding hydrogens is 117 g/mol.